The van der Waals surface area contributed by atoms with Crippen molar-refractivity contribution in [3.8, 4) is 12.3 Å². The lowest BCUT2D eigenvalue weighted by atomic mass is 10.1. The van der Waals surface area contributed by atoms with Gasteiger partial charge in [0.15, 0.2) is 11.6 Å². The van der Waals surface area contributed by atoms with E-state index in [1.807, 2.05) is 0 Å². The van der Waals surface area contributed by atoms with Crippen LogP contribution in [0.5, 0.6) is 0 Å². The largest absolute Gasteiger partial charge is 0.462 e. The lowest BCUT2D eigenvalue weighted by Crippen LogP contribution is -2.21. The molecule has 0 spiro atoms. The van der Waals surface area contributed by atoms with Crippen molar-refractivity contribution < 1.29 is 18.3 Å². The van der Waals surface area contributed by atoms with Crippen molar-refractivity contribution in [2.45, 2.75) is 13.5 Å². The third-order valence-corrected chi connectivity index (χ3v) is 2.88. The van der Waals surface area contributed by atoms with Gasteiger partial charge in [-0.15, -0.1) is 6.42 Å². The van der Waals surface area contributed by atoms with Crippen LogP contribution in [-0.2, 0) is 11.3 Å². The second kappa shape index (κ2) is 5.75. The van der Waals surface area contributed by atoms with E-state index in [0.29, 0.717) is 0 Å². The quantitative estimate of drug-likeness (QED) is 0.642. The number of halogens is 2. The van der Waals surface area contributed by atoms with Crippen LogP contribution >= 0.6 is 0 Å². The molecule has 0 aliphatic carbocycles. The summed E-state index contributed by atoms with van der Waals surface area (Å²) in [6.45, 7) is 1.67. The highest BCUT2D eigenvalue weighted by Gasteiger charge is 2.18. The molecule has 6 heteroatoms. The Labute approximate surface area is 118 Å². The third kappa shape index (κ3) is 2.63. The molecule has 0 saturated heterocycles. The van der Waals surface area contributed by atoms with Gasteiger partial charge in [-0.1, -0.05) is 5.92 Å². The van der Waals surface area contributed by atoms with E-state index in [9.17, 15) is 18.4 Å². The van der Waals surface area contributed by atoms with E-state index in [-0.39, 0.29) is 29.6 Å². The standard InChI is InChI=1S/C15H11F2NO3/c1-3-5-18-8-10(15(20)21-4-2)14(19)9-6-11(16)12(17)7-13(9)18/h1,6-8H,4-5H2,2H3. The molecule has 1 heterocycles. The number of terminal acetylenes is 1. The van der Waals surface area contributed by atoms with E-state index < -0.39 is 23.0 Å². The van der Waals surface area contributed by atoms with E-state index in [1.54, 1.807) is 6.92 Å². The van der Waals surface area contributed by atoms with Crippen molar-refractivity contribution >= 4 is 16.9 Å². The zero-order valence-corrected chi connectivity index (χ0v) is 11.2. The predicted octanol–water partition coefficient (Wildman–Crippen LogP) is 2.09. The van der Waals surface area contributed by atoms with Crippen LogP contribution in [0.2, 0.25) is 0 Å². The molecule has 0 radical (unpaired) electrons. The van der Waals surface area contributed by atoms with Gasteiger partial charge in [-0.25, -0.2) is 13.6 Å². The zero-order valence-electron chi connectivity index (χ0n) is 11.2. The van der Waals surface area contributed by atoms with Gasteiger partial charge in [0.05, 0.1) is 18.7 Å². The fourth-order valence-electron chi connectivity index (χ4n) is 1.97. The lowest BCUT2D eigenvalue weighted by Gasteiger charge is -2.11. The Bertz CT molecular complexity index is 818. The minimum atomic E-state index is -1.17. The van der Waals surface area contributed by atoms with Crippen molar-refractivity contribution in [3.05, 3.63) is 45.8 Å². The lowest BCUT2D eigenvalue weighted by molar-refractivity contribution is 0.0524. The normalized spacial score (nSPS) is 10.4. The summed E-state index contributed by atoms with van der Waals surface area (Å²) in [5.41, 5.74) is -0.883. The van der Waals surface area contributed by atoms with Crippen LogP contribution in [0.1, 0.15) is 17.3 Å². The summed E-state index contributed by atoms with van der Waals surface area (Å²) < 4.78 is 32.8. The topological polar surface area (TPSA) is 48.3 Å². The van der Waals surface area contributed by atoms with Gasteiger partial charge in [0, 0.05) is 17.6 Å². The summed E-state index contributed by atoms with van der Waals surface area (Å²) in [5.74, 6) is -0.787. The number of hydrogen-bond acceptors (Lipinski definition) is 3. The maximum atomic E-state index is 13.3. The van der Waals surface area contributed by atoms with E-state index in [2.05, 4.69) is 5.92 Å². The summed E-state index contributed by atoms with van der Waals surface area (Å²) in [6.07, 6.45) is 6.40. The summed E-state index contributed by atoms with van der Waals surface area (Å²) in [6, 6.07) is 1.63. The zero-order chi connectivity index (χ0) is 15.6. The summed E-state index contributed by atoms with van der Waals surface area (Å²) in [7, 11) is 0. The highest BCUT2D eigenvalue weighted by atomic mass is 19.2. The summed E-state index contributed by atoms with van der Waals surface area (Å²) in [4.78, 5) is 24.0. The Morgan fingerprint density at radius 1 is 1.38 bits per heavy atom. The molecule has 0 saturated carbocycles. The molecule has 0 amide bonds. The van der Waals surface area contributed by atoms with Crippen LogP contribution in [0.15, 0.2) is 23.1 Å². The Morgan fingerprint density at radius 2 is 2.05 bits per heavy atom. The predicted molar refractivity (Wildman–Crippen MR) is 72.9 cm³/mol. The highest BCUT2D eigenvalue weighted by molar-refractivity contribution is 5.93. The second-order valence-corrected chi connectivity index (χ2v) is 4.21. The smallest absolute Gasteiger partial charge is 0.343 e. The molecular weight excluding hydrogens is 280 g/mol. The van der Waals surface area contributed by atoms with Gasteiger partial charge < -0.3 is 9.30 Å². The molecule has 0 bridgehead atoms. The van der Waals surface area contributed by atoms with Crippen LogP contribution in [-0.4, -0.2) is 17.1 Å². The number of esters is 1. The molecule has 0 N–H and O–H groups in total. The number of nitrogens with zero attached hydrogens (tertiary/aromatic N) is 1. The first kappa shape index (κ1) is 14.7. The van der Waals surface area contributed by atoms with Gasteiger partial charge in [0.2, 0.25) is 5.43 Å². The first-order valence-corrected chi connectivity index (χ1v) is 6.12. The molecule has 1 aromatic carbocycles. The van der Waals surface area contributed by atoms with Crippen LogP contribution in [0.3, 0.4) is 0 Å². The molecular formula is C15H11F2NO3. The Balaban J connectivity index is 2.83. The molecule has 0 aliphatic heterocycles. The number of carbonyl (C=O) groups excluding carboxylic acids is 1. The van der Waals surface area contributed by atoms with Crippen LogP contribution in [0.25, 0.3) is 10.9 Å². The first-order valence-electron chi connectivity index (χ1n) is 6.12. The number of hydrogen-bond donors (Lipinski definition) is 0. The highest BCUT2D eigenvalue weighted by Crippen LogP contribution is 2.17. The van der Waals surface area contributed by atoms with Gasteiger partial charge in [0.25, 0.3) is 0 Å². The fraction of sp³-hybridized carbons (Fsp3) is 0.200. The number of rotatable bonds is 3. The Morgan fingerprint density at radius 3 is 2.67 bits per heavy atom. The van der Waals surface area contributed by atoms with Crippen LogP contribution in [0.4, 0.5) is 8.78 Å². The molecule has 2 aromatic rings. The monoisotopic (exact) mass is 291 g/mol. The first-order chi connectivity index (χ1) is 9.99. The van der Waals surface area contributed by atoms with Crippen molar-refractivity contribution in [1.82, 2.24) is 4.57 Å². The Hall–Kier alpha value is -2.68. The van der Waals surface area contributed by atoms with Crippen molar-refractivity contribution in [1.29, 1.82) is 0 Å². The molecule has 2 rings (SSSR count). The van der Waals surface area contributed by atoms with Crippen molar-refractivity contribution in [3.63, 3.8) is 0 Å². The molecule has 4 nitrogen and oxygen atoms in total. The Kier molecular flexibility index (Phi) is 4.03. The number of ether oxygens (including phenoxy) is 1. The van der Waals surface area contributed by atoms with E-state index in [0.717, 1.165) is 12.1 Å². The maximum Gasteiger partial charge on any atom is 0.343 e. The number of aromatic nitrogens is 1. The number of fused-ring (bicyclic) bond motifs is 1. The average Bonchev–Trinajstić information content (AvgIpc) is 2.44. The SMILES string of the molecule is C#CCn1cc(C(=O)OCC)c(=O)c2cc(F)c(F)cc21. The minimum absolute atomic E-state index is 0.00570. The van der Waals surface area contributed by atoms with E-state index >= 15 is 0 Å². The van der Waals surface area contributed by atoms with Gasteiger partial charge in [-0.3, -0.25) is 4.79 Å². The summed E-state index contributed by atoms with van der Waals surface area (Å²) in [5, 5.41) is -0.130. The van der Waals surface area contributed by atoms with Crippen LogP contribution < -0.4 is 5.43 Å². The number of pyridine rings is 1. The molecule has 0 unspecified atom stereocenters. The fourth-order valence-corrected chi connectivity index (χ4v) is 1.97. The molecule has 0 aliphatic rings. The van der Waals surface area contributed by atoms with Crippen LogP contribution in [0, 0.1) is 24.0 Å². The average molecular weight is 291 g/mol. The number of carbonyl (C=O) groups is 1. The van der Waals surface area contributed by atoms with Gasteiger partial charge in [-0.2, -0.15) is 0 Å². The van der Waals surface area contributed by atoms with Gasteiger partial charge in [-0.05, 0) is 13.0 Å². The van der Waals surface area contributed by atoms with Gasteiger partial charge in [0.1, 0.15) is 5.56 Å². The van der Waals surface area contributed by atoms with E-state index in [4.69, 9.17) is 11.2 Å². The molecule has 21 heavy (non-hydrogen) atoms. The molecule has 1 aromatic heterocycles. The second-order valence-electron chi connectivity index (χ2n) is 4.21. The van der Waals surface area contributed by atoms with Crippen molar-refractivity contribution in [2.75, 3.05) is 6.61 Å². The molecule has 108 valence electrons. The molecule has 0 atom stereocenters. The number of benzene rings is 1. The van der Waals surface area contributed by atoms with Gasteiger partial charge >= 0.3 is 5.97 Å². The maximum absolute atomic E-state index is 13.3. The van der Waals surface area contributed by atoms with Crippen molar-refractivity contribution in [2.24, 2.45) is 0 Å². The summed E-state index contributed by atoms with van der Waals surface area (Å²) >= 11 is 0. The van der Waals surface area contributed by atoms with E-state index in [1.165, 1.54) is 10.8 Å². The molecule has 0 fully saturated rings. The third-order valence-electron chi connectivity index (χ3n) is 2.88. The minimum Gasteiger partial charge on any atom is -0.462 e.